The van der Waals surface area contributed by atoms with Gasteiger partial charge in [0.15, 0.2) is 0 Å². The van der Waals surface area contributed by atoms with Crippen LogP contribution in [0.5, 0.6) is 0 Å². The molecule has 0 heterocycles. The molecule has 0 N–H and O–H groups in total. The van der Waals surface area contributed by atoms with E-state index in [0.29, 0.717) is 0 Å². The average molecular weight is 247 g/mol. The molecule has 0 bridgehead atoms. The Morgan fingerprint density at radius 2 is 0.933 bits per heavy atom. The van der Waals surface area contributed by atoms with E-state index in [1.165, 1.54) is 12.3 Å². The predicted octanol–water partition coefficient (Wildman–Crippen LogP) is 2.56. The minimum absolute atomic E-state index is 0.935. The van der Waals surface area contributed by atoms with Crippen molar-refractivity contribution < 1.29 is 0 Å². The highest BCUT2D eigenvalue weighted by Crippen LogP contribution is 2.05. The summed E-state index contributed by atoms with van der Waals surface area (Å²) >= 11 is 0. The van der Waals surface area contributed by atoms with Crippen LogP contribution >= 0.6 is 0 Å². The Morgan fingerprint density at radius 1 is 0.667 bits per heavy atom. The lowest BCUT2D eigenvalue weighted by Crippen LogP contribution is -2.46. The third-order valence-electron chi connectivity index (χ3n) is 1.97. The van der Waals surface area contributed by atoms with Gasteiger partial charge in [0.2, 0.25) is 0 Å². The molecule has 0 aromatic heterocycles. The molecule has 0 aromatic rings. The first-order valence-electron chi connectivity index (χ1n) is 5.87. The van der Waals surface area contributed by atoms with Crippen LogP contribution in [0.4, 0.5) is 0 Å². The van der Waals surface area contributed by atoms with Gasteiger partial charge in [-0.15, -0.1) is 0 Å². The molecular weight excluding hydrogens is 216 g/mol. The summed E-state index contributed by atoms with van der Waals surface area (Å²) in [5.74, 6) is 0. The fourth-order valence-electron chi connectivity index (χ4n) is 2.13. The maximum atomic E-state index is 2.48. The van der Waals surface area contributed by atoms with Crippen molar-refractivity contribution in [1.29, 1.82) is 0 Å². The summed E-state index contributed by atoms with van der Waals surface area (Å²) in [5.41, 5.74) is 0. The van der Waals surface area contributed by atoms with E-state index in [0.717, 1.165) is 6.67 Å². The molecule has 0 unspecified atom stereocenters. The molecule has 0 saturated heterocycles. The summed E-state index contributed by atoms with van der Waals surface area (Å²) in [6.07, 6.45) is 2.59. The van der Waals surface area contributed by atoms with E-state index in [1.54, 1.807) is 0 Å². The van der Waals surface area contributed by atoms with Gasteiger partial charge in [-0.25, -0.2) is 0 Å². The Morgan fingerprint density at radius 3 is 1.13 bits per heavy atom. The van der Waals surface area contributed by atoms with Crippen LogP contribution in [0.1, 0.15) is 0 Å². The lowest BCUT2D eigenvalue weighted by Gasteiger charge is -2.31. The minimum atomic E-state index is -0.935. The second-order valence-corrected chi connectivity index (χ2v) is 18.2. The molecule has 0 spiro atoms. The largest absolute Gasteiger partial charge is 0.296 e. The highest BCUT2D eigenvalue weighted by Gasteiger charge is 2.19. The van der Waals surface area contributed by atoms with Crippen LogP contribution in [0.2, 0.25) is 39.3 Å². The molecule has 0 aromatic carbocycles. The maximum absolute atomic E-state index is 2.48. The molecule has 92 valence electrons. The normalized spacial score (nSPS) is 14.0. The van der Waals surface area contributed by atoms with E-state index in [1.807, 2.05) is 0 Å². The molecule has 0 rings (SSSR count). The summed E-state index contributed by atoms with van der Waals surface area (Å²) in [6, 6.07) is 0. The standard InChI is InChI=1S/C11H30N2Si2/c1-12(10-14(3,4)5)9-13(2)11-15(6,7)8/h9-11H2,1-8H3. The van der Waals surface area contributed by atoms with Crippen LogP contribution in [0, 0.1) is 0 Å². The molecule has 15 heavy (non-hydrogen) atoms. The SMILES string of the molecule is CN(CN(C)C[Si](C)(C)C)C[Si](C)(C)C. The summed E-state index contributed by atoms with van der Waals surface area (Å²) < 4.78 is 0. The molecule has 0 fully saturated rings. The fraction of sp³-hybridized carbons (Fsp3) is 1.00. The van der Waals surface area contributed by atoms with Crippen LogP contribution in [0.15, 0.2) is 0 Å². The van der Waals surface area contributed by atoms with E-state index in [2.05, 4.69) is 63.2 Å². The van der Waals surface area contributed by atoms with Gasteiger partial charge in [0.25, 0.3) is 0 Å². The van der Waals surface area contributed by atoms with Crippen molar-refractivity contribution in [3.8, 4) is 0 Å². The molecule has 0 amide bonds. The van der Waals surface area contributed by atoms with Crippen LogP contribution in [-0.4, -0.2) is 59.0 Å². The molecule has 0 aliphatic heterocycles. The highest BCUT2D eigenvalue weighted by atomic mass is 28.3. The summed E-state index contributed by atoms with van der Waals surface area (Å²) in [7, 11) is 2.63. The summed E-state index contributed by atoms with van der Waals surface area (Å²) in [6.45, 7) is 15.7. The third-order valence-corrected chi connectivity index (χ3v) is 4.95. The van der Waals surface area contributed by atoms with Crippen molar-refractivity contribution in [2.45, 2.75) is 39.3 Å². The van der Waals surface area contributed by atoms with Crippen molar-refractivity contribution in [2.24, 2.45) is 0 Å². The van der Waals surface area contributed by atoms with Crippen molar-refractivity contribution in [3.63, 3.8) is 0 Å². The van der Waals surface area contributed by atoms with Gasteiger partial charge >= 0.3 is 0 Å². The van der Waals surface area contributed by atoms with Gasteiger partial charge in [0.1, 0.15) is 0 Å². The molecule has 0 aliphatic carbocycles. The smallest absolute Gasteiger partial charge is 0.0599 e. The first kappa shape index (κ1) is 15.4. The molecule has 4 heteroatoms. The Bertz CT molecular complexity index is 162. The maximum Gasteiger partial charge on any atom is 0.0599 e. The first-order valence-corrected chi connectivity index (χ1v) is 13.3. The summed E-state index contributed by atoms with van der Waals surface area (Å²) in [5, 5.41) is 0. The molecule has 0 radical (unpaired) electrons. The van der Waals surface area contributed by atoms with Crippen LogP contribution in [0.25, 0.3) is 0 Å². The number of hydrogen-bond acceptors (Lipinski definition) is 2. The van der Waals surface area contributed by atoms with Gasteiger partial charge < -0.3 is 0 Å². The van der Waals surface area contributed by atoms with Gasteiger partial charge in [-0.3, -0.25) is 9.80 Å². The zero-order valence-corrected chi connectivity index (χ0v) is 14.0. The predicted molar refractivity (Wildman–Crippen MR) is 76.8 cm³/mol. The Kier molecular flexibility index (Phi) is 5.75. The lowest BCUT2D eigenvalue weighted by atomic mass is 10.8. The third kappa shape index (κ3) is 10.6. The van der Waals surface area contributed by atoms with Crippen molar-refractivity contribution in [1.82, 2.24) is 9.80 Å². The highest BCUT2D eigenvalue weighted by molar-refractivity contribution is 6.76. The minimum Gasteiger partial charge on any atom is -0.296 e. The van der Waals surface area contributed by atoms with E-state index in [-0.39, 0.29) is 0 Å². The Hall–Kier alpha value is 0.354. The molecular formula is C11H30N2Si2. The van der Waals surface area contributed by atoms with Gasteiger partial charge in [-0.2, -0.15) is 0 Å². The van der Waals surface area contributed by atoms with Crippen molar-refractivity contribution in [2.75, 3.05) is 33.1 Å². The van der Waals surface area contributed by atoms with Crippen molar-refractivity contribution >= 4 is 16.1 Å². The number of rotatable bonds is 6. The second-order valence-electron chi connectivity index (χ2n) is 7.29. The second kappa shape index (κ2) is 5.61. The average Bonchev–Trinajstić information content (AvgIpc) is 1.73. The molecule has 0 aliphatic rings. The topological polar surface area (TPSA) is 6.48 Å². The quantitative estimate of drug-likeness (QED) is 0.525. The lowest BCUT2D eigenvalue weighted by molar-refractivity contribution is 0.221. The van der Waals surface area contributed by atoms with E-state index in [9.17, 15) is 0 Å². The zero-order chi connectivity index (χ0) is 12.3. The van der Waals surface area contributed by atoms with Crippen LogP contribution in [0.3, 0.4) is 0 Å². The Balaban J connectivity index is 3.92. The van der Waals surface area contributed by atoms with E-state index >= 15 is 0 Å². The molecule has 0 saturated carbocycles. The monoisotopic (exact) mass is 246 g/mol. The number of hydrogen-bond donors (Lipinski definition) is 0. The van der Waals surface area contributed by atoms with E-state index < -0.39 is 16.1 Å². The van der Waals surface area contributed by atoms with Gasteiger partial charge in [0, 0.05) is 6.67 Å². The molecule has 0 atom stereocenters. The van der Waals surface area contributed by atoms with Gasteiger partial charge in [-0.05, 0) is 26.4 Å². The van der Waals surface area contributed by atoms with Crippen LogP contribution < -0.4 is 0 Å². The summed E-state index contributed by atoms with van der Waals surface area (Å²) in [4.78, 5) is 4.96. The van der Waals surface area contributed by atoms with E-state index in [4.69, 9.17) is 0 Å². The Labute approximate surface area is 98.7 Å². The van der Waals surface area contributed by atoms with Crippen LogP contribution in [-0.2, 0) is 0 Å². The zero-order valence-electron chi connectivity index (χ0n) is 12.0. The fourth-order valence-corrected chi connectivity index (χ4v) is 5.57. The molecule has 2 nitrogen and oxygen atoms in total. The van der Waals surface area contributed by atoms with Gasteiger partial charge in [-0.1, -0.05) is 39.3 Å². The first-order chi connectivity index (χ1) is 6.49. The van der Waals surface area contributed by atoms with Gasteiger partial charge in [0.05, 0.1) is 16.1 Å². The van der Waals surface area contributed by atoms with Crippen molar-refractivity contribution in [3.05, 3.63) is 0 Å². The number of nitrogens with zero attached hydrogens (tertiary/aromatic N) is 2.